The van der Waals surface area contributed by atoms with E-state index in [1.807, 2.05) is 18.4 Å². The third-order valence-electron chi connectivity index (χ3n) is 2.82. The van der Waals surface area contributed by atoms with Crippen molar-refractivity contribution >= 4 is 27.3 Å². The number of hydrogen-bond donors (Lipinski definition) is 1. The maximum atomic E-state index is 14.1. The van der Waals surface area contributed by atoms with Crippen LogP contribution >= 0.6 is 27.3 Å². The molecule has 5 heteroatoms. The molecule has 2 aromatic rings. The van der Waals surface area contributed by atoms with Crippen LogP contribution in [0.3, 0.4) is 0 Å². The molecule has 1 unspecified atom stereocenters. The van der Waals surface area contributed by atoms with Crippen molar-refractivity contribution in [2.75, 3.05) is 7.05 Å². The normalized spacial score (nSPS) is 12.7. The number of benzene rings is 1. The minimum absolute atomic E-state index is 0.0532. The Labute approximate surface area is 117 Å². The average Bonchev–Trinajstić information content (AvgIpc) is 2.76. The van der Waals surface area contributed by atoms with Gasteiger partial charge in [0.05, 0.1) is 10.5 Å². The summed E-state index contributed by atoms with van der Waals surface area (Å²) in [4.78, 5) is 0.924. The number of halogens is 3. The lowest BCUT2D eigenvalue weighted by Gasteiger charge is -2.18. The van der Waals surface area contributed by atoms with E-state index in [-0.39, 0.29) is 10.0 Å². The van der Waals surface area contributed by atoms with E-state index in [0.717, 1.165) is 10.4 Å². The fourth-order valence-corrected chi connectivity index (χ4v) is 3.28. The topological polar surface area (TPSA) is 12.0 Å². The first-order chi connectivity index (χ1) is 8.56. The Bertz CT molecular complexity index is 568. The standard InChI is InChI=1S/C13H12BrF2NS/c1-7-5-6-18-13(7)12(17-2)10-9(15)4-3-8(14)11(10)16/h3-6,12,17H,1-2H3. The van der Waals surface area contributed by atoms with E-state index >= 15 is 0 Å². The molecule has 0 saturated carbocycles. The van der Waals surface area contributed by atoms with Crippen LogP contribution in [0.1, 0.15) is 22.0 Å². The SMILES string of the molecule is CNC(c1sccc1C)c1c(F)ccc(Br)c1F. The van der Waals surface area contributed by atoms with E-state index in [2.05, 4.69) is 21.2 Å². The van der Waals surface area contributed by atoms with E-state index in [4.69, 9.17) is 0 Å². The van der Waals surface area contributed by atoms with Gasteiger partial charge in [0.15, 0.2) is 0 Å². The summed E-state index contributed by atoms with van der Waals surface area (Å²) in [7, 11) is 1.70. The van der Waals surface area contributed by atoms with Gasteiger partial charge in [-0.1, -0.05) is 0 Å². The van der Waals surface area contributed by atoms with Gasteiger partial charge in [-0.05, 0) is 59.0 Å². The molecular formula is C13H12BrF2NS. The molecule has 96 valence electrons. The summed E-state index contributed by atoms with van der Waals surface area (Å²) in [5.41, 5.74) is 1.08. The summed E-state index contributed by atoms with van der Waals surface area (Å²) in [6, 6.07) is 4.12. The van der Waals surface area contributed by atoms with E-state index < -0.39 is 17.7 Å². The number of nitrogens with one attached hydrogen (secondary N) is 1. The minimum atomic E-state index is -0.554. The van der Waals surface area contributed by atoms with Gasteiger partial charge < -0.3 is 5.32 Å². The van der Waals surface area contributed by atoms with Crippen LogP contribution in [-0.4, -0.2) is 7.05 Å². The molecule has 18 heavy (non-hydrogen) atoms. The number of rotatable bonds is 3. The quantitative estimate of drug-likeness (QED) is 0.821. The van der Waals surface area contributed by atoms with Crippen LogP contribution in [0.5, 0.6) is 0 Å². The Morgan fingerprint density at radius 2 is 2.00 bits per heavy atom. The predicted molar refractivity (Wildman–Crippen MR) is 74.0 cm³/mol. The molecule has 0 aliphatic heterocycles. The Hall–Kier alpha value is -0.780. The molecule has 0 aliphatic carbocycles. The predicted octanol–water partition coefficient (Wildman–Crippen LogP) is 4.41. The lowest BCUT2D eigenvalue weighted by molar-refractivity contribution is 0.520. The van der Waals surface area contributed by atoms with Crippen molar-refractivity contribution < 1.29 is 8.78 Å². The molecular weight excluding hydrogens is 320 g/mol. The zero-order valence-corrected chi connectivity index (χ0v) is 12.3. The summed E-state index contributed by atoms with van der Waals surface area (Å²) in [5, 5.41) is 4.90. The number of hydrogen-bond acceptors (Lipinski definition) is 2. The van der Waals surface area contributed by atoms with Gasteiger partial charge in [0.2, 0.25) is 0 Å². The fourth-order valence-electron chi connectivity index (χ4n) is 1.89. The Morgan fingerprint density at radius 3 is 2.56 bits per heavy atom. The van der Waals surface area contributed by atoms with Crippen molar-refractivity contribution in [2.45, 2.75) is 13.0 Å². The van der Waals surface area contributed by atoms with Gasteiger partial charge in [-0.25, -0.2) is 8.78 Å². The van der Waals surface area contributed by atoms with E-state index in [1.54, 1.807) is 7.05 Å². The lowest BCUT2D eigenvalue weighted by atomic mass is 10.0. The molecule has 0 saturated heterocycles. The van der Waals surface area contributed by atoms with Crippen LogP contribution in [0, 0.1) is 18.6 Å². The first kappa shape index (κ1) is 13.6. The van der Waals surface area contributed by atoms with Gasteiger partial charge in [0.25, 0.3) is 0 Å². The smallest absolute Gasteiger partial charge is 0.145 e. The van der Waals surface area contributed by atoms with Crippen molar-refractivity contribution in [1.29, 1.82) is 0 Å². The Balaban J connectivity index is 2.59. The highest BCUT2D eigenvalue weighted by atomic mass is 79.9. The minimum Gasteiger partial charge on any atom is -0.308 e. The molecule has 0 radical (unpaired) electrons. The zero-order chi connectivity index (χ0) is 13.3. The van der Waals surface area contributed by atoms with Crippen LogP contribution in [0.15, 0.2) is 28.1 Å². The summed E-state index contributed by atoms with van der Waals surface area (Å²) >= 11 is 4.58. The van der Waals surface area contributed by atoms with Crippen molar-refractivity contribution in [3.63, 3.8) is 0 Å². The van der Waals surface area contributed by atoms with Gasteiger partial charge in [-0.15, -0.1) is 11.3 Å². The highest BCUT2D eigenvalue weighted by Gasteiger charge is 2.24. The molecule has 0 amide bonds. The second kappa shape index (κ2) is 5.47. The van der Waals surface area contributed by atoms with Gasteiger partial charge in [0, 0.05) is 10.4 Å². The second-order valence-electron chi connectivity index (χ2n) is 3.95. The fraction of sp³-hybridized carbons (Fsp3) is 0.231. The van der Waals surface area contributed by atoms with Crippen LogP contribution in [-0.2, 0) is 0 Å². The summed E-state index contributed by atoms with van der Waals surface area (Å²) in [5.74, 6) is -1.09. The van der Waals surface area contributed by atoms with Crippen LogP contribution in [0.25, 0.3) is 0 Å². The van der Waals surface area contributed by atoms with Crippen molar-refractivity contribution in [2.24, 2.45) is 0 Å². The largest absolute Gasteiger partial charge is 0.308 e. The first-order valence-electron chi connectivity index (χ1n) is 5.41. The lowest BCUT2D eigenvalue weighted by Crippen LogP contribution is -2.20. The summed E-state index contributed by atoms with van der Waals surface area (Å²) in [6.07, 6.45) is 0. The first-order valence-corrected chi connectivity index (χ1v) is 7.08. The maximum Gasteiger partial charge on any atom is 0.145 e. The molecule has 0 bridgehead atoms. The van der Waals surface area contributed by atoms with Gasteiger partial charge in [0.1, 0.15) is 11.6 Å². The van der Waals surface area contributed by atoms with Gasteiger partial charge in [-0.2, -0.15) is 0 Å². The molecule has 0 fully saturated rings. The molecule has 1 nitrogen and oxygen atoms in total. The summed E-state index contributed by atoms with van der Waals surface area (Å²) < 4.78 is 28.3. The van der Waals surface area contributed by atoms with Gasteiger partial charge >= 0.3 is 0 Å². The molecule has 0 aliphatic rings. The van der Waals surface area contributed by atoms with Crippen molar-refractivity contribution in [3.8, 4) is 0 Å². The molecule has 2 rings (SSSR count). The summed E-state index contributed by atoms with van der Waals surface area (Å²) in [6.45, 7) is 1.93. The van der Waals surface area contributed by atoms with E-state index in [9.17, 15) is 8.78 Å². The number of thiophene rings is 1. The maximum absolute atomic E-state index is 14.1. The molecule has 1 heterocycles. The van der Waals surface area contributed by atoms with Crippen LogP contribution in [0.2, 0.25) is 0 Å². The van der Waals surface area contributed by atoms with Crippen molar-refractivity contribution in [1.82, 2.24) is 5.32 Å². The Kier molecular flexibility index (Phi) is 4.14. The molecule has 1 atom stereocenters. The average molecular weight is 332 g/mol. The van der Waals surface area contributed by atoms with E-state index in [0.29, 0.717) is 0 Å². The number of aryl methyl sites for hydroxylation is 1. The molecule has 1 N–H and O–H groups in total. The molecule has 0 spiro atoms. The highest BCUT2D eigenvalue weighted by molar-refractivity contribution is 9.10. The van der Waals surface area contributed by atoms with E-state index in [1.165, 1.54) is 23.5 Å². The highest BCUT2D eigenvalue weighted by Crippen LogP contribution is 2.34. The van der Waals surface area contributed by atoms with Crippen LogP contribution in [0.4, 0.5) is 8.78 Å². The third-order valence-corrected chi connectivity index (χ3v) is 4.52. The third kappa shape index (κ3) is 2.35. The van der Waals surface area contributed by atoms with Gasteiger partial charge in [-0.3, -0.25) is 0 Å². The Morgan fingerprint density at radius 1 is 1.28 bits per heavy atom. The monoisotopic (exact) mass is 331 g/mol. The molecule has 1 aromatic carbocycles. The molecule has 1 aromatic heterocycles. The second-order valence-corrected chi connectivity index (χ2v) is 5.75. The van der Waals surface area contributed by atoms with Crippen molar-refractivity contribution in [3.05, 3.63) is 55.7 Å². The van der Waals surface area contributed by atoms with Crippen LogP contribution < -0.4 is 5.32 Å². The zero-order valence-electron chi connectivity index (χ0n) is 9.93.